The van der Waals surface area contributed by atoms with Gasteiger partial charge in [-0.3, -0.25) is 0 Å². The predicted octanol–water partition coefficient (Wildman–Crippen LogP) is 3.71. The van der Waals surface area contributed by atoms with E-state index in [-0.39, 0.29) is 11.5 Å². The molecular formula is C17H29NO. The lowest BCUT2D eigenvalue weighted by molar-refractivity contribution is 0.165. The first-order valence-corrected chi connectivity index (χ1v) is 7.24. The second-order valence-corrected chi connectivity index (χ2v) is 6.73. The molecule has 1 aromatic carbocycles. The molecule has 0 saturated heterocycles. The van der Waals surface area contributed by atoms with Gasteiger partial charge in [-0.25, -0.2) is 0 Å². The van der Waals surface area contributed by atoms with E-state index >= 15 is 0 Å². The van der Waals surface area contributed by atoms with Gasteiger partial charge in [0.15, 0.2) is 0 Å². The zero-order valence-electron chi connectivity index (χ0n) is 13.2. The van der Waals surface area contributed by atoms with Crippen molar-refractivity contribution >= 4 is 0 Å². The van der Waals surface area contributed by atoms with E-state index in [9.17, 15) is 5.11 Å². The summed E-state index contributed by atoms with van der Waals surface area (Å²) in [6.45, 7) is 13.8. The average molecular weight is 263 g/mol. The van der Waals surface area contributed by atoms with Crippen molar-refractivity contribution in [3.05, 3.63) is 34.9 Å². The Hall–Kier alpha value is -0.860. The molecule has 0 aliphatic heterocycles. The monoisotopic (exact) mass is 263 g/mol. The van der Waals surface area contributed by atoms with Gasteiger partial charge in [0.2, 0.25) is 0 Å². The zero-order chi connectivity index (χ0) is 14.6. The molecule has 0 spiro atoms. The van der Waals surface area contributed by atoms with Crippen molar-refractivity contribution in [1.29, 1.82) is 0 Å². The first-order valence-electron chi connectivity index (χ1n) is 7.24. The fourth-order valence-electron chi connectivity index (χ4n) is 2.13. The van der Waals surface area contributed by atoms with Crippen LogP contribution in [0.15, 0.2) is 18.2 Å². The van der Waals surface area contributed by atoms with Crippen molar-refractivity contribution in [2.24, 2.45) is 0 Å². The van der Waals surface area contributed by atoms with Crippen molar-refractivity contribution in [3.8, 4) is 0 Å². The minimum Gasteiger partial charge on any atom is -0.388 e. The lowest BCUT2D eigenvalue weighted by atomic mass is 9.84. The van der Waals surface area contributed by atoms with Crippen molar-refractivity contribution < 1.29 is 5.11 Å². The second-order valence-electron chi connectivity index (χ2n) is 6.73. The van der Waals surface area contributed by atoms with Gasteiger partial charge in [-0.05, 0) is 42.0 Å². The van der Waals surface area contributed by atoms with Crippen LogP contribution in [0.4, 0.5) is 0 Å². The second kappa shape index (κ2) is 6.53. The van der Waals surface area contributed by atoms with Gasteiger partial charge in [-0.1, -0.05) is 52.8 Å². The molecule has 2 nitrogen and oxygen atoms in total. The van der Waals surface area contributed by atoms with Crippen LogP contribution in [0.2, 0.25) is 0 Å². The Kier molecular flexibility index (Phi) is 5.57. The molecule has 1 rings (SSSR count). The molecule has 0 heterocycles. The quantitative estimate of drug-likeness (QED) is 0.848. The fourth-order valence-corrected chi connectivity index (χ4v) is 2.13. The van der Waals surface area contributed by atoms with Gasteiger partial charge >= 0.3 is 0 Å². The van der Waals surface area contributed by atoms with Crippen LogP contribution in [0.25, 0.3) is 0 Å². The summed E-state index contributed by atoms with van der Waals surface area (Å²) < 4.78 is 0. The van der Waals surface area contributed by atoms with E-state index in [0.29, 0.717) is 6.04 Å². The normalized spacial score (nSPS) is 13.9. The molecule has 1 aromatic rings. The number of aliphatic hydroxyl groups excluding tert-OH is 1. The Morgan fingerprint density at radius 3 is 2.37 bits per heavy atom. The average Bonchev–Trinajstić information content (AvgIpc) is 2.27. The molecular weight excluding hydrogens is 234 g/mol. The number of rotatable bonds is 5. The summed E-state index contributed by atoms with van der Waals surface area (Å²) in [5, 5.41) is 13.7. The highest BCUT2D eigenvalue weighted by Crippen LogP contribution is 2.28. The van der Waals surface area contributed by atoms with E-state index < -0.39 is 0 Å². The third-order valence-electron chi connectivity index (χ3n) is 3.47. The summed E-state index contributed by atoms with van der Waals surface area (Å²) in [5.41, 5.74) is 3.64. The summed E-state index contributed by atoms with van der Waals surface area (Å²) in [7, 11) is 0. The largest absolute Gasteiger partial charge is 0.388 e. The minimum atomic E-state index is -0.381. The Morgan fingerprint density at radius 2 is 1.84 bits per heavy atom. The SMILES string of the molecule is Cc1ccc(C(C)(C)C)cc1C(O)CCNC(C)C. The minimum absolute atomic E-state index is 0.123. The van der Waals surface area contributed by atoms with Crippen LogP contribution in [0.1, 0.15) is 63.8 Å². The number of hydrogen-bond acceptors (Lipinski definition) is 2. The van der Waals surface area contributed by atoms with Crippen LogP contribution in [0.5, 0.6) is 0 Å². The number of aryl methyl sites for hydroxylation is 1. The first kappa shape index (κ1) is 16.2. The van der Waals surface area contributed by atoms with Gasteiger partial charge in [0.05, 0.1) is 6.10 Å². The van der Waals surface area contributed by atoms with Crippen LogP contribution in [-0.4, -0.2) is 17.7 Å². The topological polar surface area (TPSA) is 32.3 Å². The van der Waals surface area contributed by atoms with Crippen LogP contribution >= 0.6 is 0 Å². The maximum absolute atomic E-state index is 10.4. The molecule has 0 radical (unpaired) electrons. The molecule has 0 saturated carbocycles. The lowest BCUT2D eigenvalue weighted by Crippen LogP contribution is -2.25. The van der Waals surface area contributed by atoms with E-state index in [0.717, 1.165) is 18.5 Å². The maximum atomic E-state index is 10.4. The molecule has 0 amide bonds. The van der Waals surface area contributed by atoms with Crippen LogP contribution in [0.3, 0.4) is 0 Å². The molecule has 108 valence electrons. The summed E-state index contributed by atoms with van der Waals surface area (Å²) >= 11 is 0. The van der Waals surface area contributed by atoms with Crippen molar-refractivity contribution in [2.75, 3.05) is 6.54 Å². The summed E-state index contributed by atoms with van der Waals surface area (Å²) in [5.74, 6) is 0. The molecule has 2 N–H and O–H groups in total. The highest BCUT2D eigenvalue weighted by molar-refractivity contribution is 5.35. The van der Waals surface area contributed by atoms with Crippen LogP contribution < -0.4 is 5.32 Å². The molecule has 0 aliphatic rings. The third kappa shape index (κ3) is 4.96. The molecule has 0 aliphatic carbocycles. The Balaban J connectivity index is 2.81. The molecule has 19 heavy (non-hydrogen) atoms. The summed E-state index contributed by atoms with van der Waals surface area (Å²) in [4.78, 5) is 0. The van der Waals surface area contributed by atoms with Gasteiger partial charge in [-0.15, -0.1) is 0 Å². The maximum Gasteiger partial charge on any atom is 0.0804 e. The summed E-state index contributed by atoms with van der Waals surface area (Å²) in [6, 6.07) is 6.91. The molecule has 0 bridgehead atoms. The van der Waals surface area contributed by atoms with E-state index in [1.807, 2.05) is 0 Å². The molecule has 2 heteroatoms. The van der Waals surface area contributed by atoms with Gasteiger partial charge < -0.3 is 10.4 Å². The van der Waals surface area contributed by atoms with Crippen molar-refractivity contribution in [2.45, 2.75) is 65.5 Å². The zero-order valence-corrected chi connectivity index (χ0v) is 13.2. The number of hydrogen-bond donors (Lipinski definition) is 2. The van der Waals surface area contributed by atoms with Gasteiger partial charge in [-0.2, -0.15) is 0 Å². The Bertz CT molecular complexity index is 404. The Labute approximate surface area is 118 Å². The van der Waals surface area contributed by atoms with Gasteiger partial charge in [0.25, 0.3) is 0 Å². The van der Waals surface area contributed by atoms with Crippen molar-refractivity contribution in [1.82, 2.24) is 5.32 Å². The van der Waals surface area contributed by atoms with Crippen LogP contribution in [0, 0.1) is 6.92 Å². The van der Waals surface area contributed by atoms with E-state index in [1.165, 1.54) is 11.1 Å². The van der Waals surface area contributed by atoms with Gasteiger partial charge in [0, 0.05) is 6.04 Å². The number of nitrogens with one attached hydrogen (secondary N) is 1. The van der Waals surface area contributed by atoms with E-state index in [4.69, 9.17) is 0 Å². The third-order valence-corrected chi connectivity index (χ3v) is 3.47. The van der Waals surface area contributed by atoms with Crippen LogP contribution in [-0.2, 0) is 5.41 Å². The molecule has 0 aromatic heterocycles. The highest BCUT2D eigenvalue weighted by Gasteiger charge is 2.17. The van der Waals surface area contributed by atoms with E-state index in [1.54, 1.807) is 0 Å². The first-order chi connectivity index (χ1) is 8.71. The predicted molar refractivity (Wildman–Crippen MR) is 82.6 cm³/mol. The fraction of sp³-hybridized carbons (Fsp3) is 0.647. The molecule has 1 unspecified atom stereocenters. The summed E-state index contributed by atoms with van der Waals surface area (Å²) in [6.07, 6.45) is 0.376. The smallest absolute Gasteiger partial charge is 0.0804 e. The lowest BCUT2D eigenvalue weighted by Gasteiger charge is -2.23. The Morgan fingerprint density at radius 1 is 1.21 bits per heavy atom. The van der Waals surface area contributed by atoms with Crippen molar-refractivity contribution in [3.63, 3.8) is 0 Å². The molecule has 1 atom stereocenters. The standard InChI is InChI=1S/C17H29NO/c1-12(2)18-10-9-16(19)15-11-14(17(4,5)6)8-7-13(15)3/h7-8,11-12,16,18-19H,9-10H2,1-6H3. The molecule has 0 fully saturated rings. The number of benzene rings is 1. The van der Waals surface area contributed by atoms with E-state index in [2.05, 4.69) is 65.1 Å². The number of aliphatic hydroxyl groups is 1. The van der Waals surface area contributed by atoms with Gasteiger partial charge in [0.1, 0.15) is 0 Å². The highest BCUT2D eigenvalue weighted by atomic mass is 16.3.